The molecule has 0 N–H and O–H groups in total. The van der Waals surface area contributed by atoms with Gasteiger partial charge < -0.3 is 4.74 Å². The standard InChI is InChI=1S/C13H11BrO/c14-8-3-9-15-13-7-6-11-4-1-2-5-12(11)10-13/h1-8,10H,9H2. The fraction of sp³-hybridized carbons (Fsp3) is 0.0769. The van der Waals surface area contributed by atoms with Gasteiger partial charge in [-0.3, -0.25) is 0 Å². The SMILES string of the molecule is BrC=CCOc1ccc2ccccc2c1. The van der Waals surface area contributed by atoms with Gasteiger partial charge in [0.25, 0.3) is 0 Å². The zero-order valence-electron chi connectivity index (χ0n) is 8.19. The van der Waals surface area contributed by atoms with Gasteiger partial charge in [-0.2, -0.15) is 0 Å². The number of rotatable bonds is 3. The molecule has 0 fully saturated rings. The molecule has 15 heavy (non-hydrogen) atoms. The molecule has 0 atom stereocenters. The largest absolute Gasteiger partial charge is 0.489 e. The average molecular weight is 263 g/mol. The van der Waals surface area contributed by atoms with E-state index in [1.165, 1.54) is 10.8 Å². The normalized spacial score (nSPS) is 11.0. The number of halogens is 1. The molecular formula is C13H11BrO. The average Bonchev–Trinajstić information content (AvgIpc) is 2.29. The number of ether oxygens (including phenoxy) is 1. The molecule has 2 heteroatoms. The van der Waals surface area contributed by atoms with E-state index >= 15 is 0 Å². The Morgan fingerprint density at radius 2 is 1.87 bits per heavy atom. The number of benzene rings is 2. The molecule has 0 unspecified atom stereocenters. The summed E-state index contributed by atoms with van der Waals surface area (Å²) in [6.07, 6.45) is 1.91. The molecule has 2 aromatic rings. The van der Waals surface area contributed by atoms with E-state index in [-0.39, 0.29) is 0 Å². The number of hydrogen-bond donors (Lipinski definition) is 0. The predicted molar refractivity (Wildman–Crippen MR) is 67.5 cm³/mol. The highest BCUT2D eigenvalue weighted by Crippen LogP contribution is 2.20. The van der Waals surface area contributed by atoms with E-state index in [0.717, 1.165) is 5.75 Å². The molecule has 0 radical (unpaired) electrons. The summed E-state index contributed by atoms with van der Waals surface area (Å²) in [5.74, 6) is 0.902. The zero-order chi connectivity index (χ0) is 10.5. The first kappa shape index (κ1) is 10.2. The highest BCUT2D eigenvalue weighted by molar-refractivity contribution is 9.11. The summed E-state index contributed by atoms with van der Waals surface area (Å²) in [4.78, 5) is 1.80. The lowest BCUT2D eigenvalue weighted by Crippen LogP contribution is -1.92. The summed E-state index contributed by atoms with van der Waals surface area (Å²) < 4.78 is 5.54. The number of hydrogen-bond acceptors (Lipinski definition) is 1. The molecule has 1 nitrogen and oxygen atoms in total. The maximum Gasteiger partial charge on any atom is 0.120 e. The van der Waals surface area contributed by atoms with Crippen molar-refractivity contribution < 1.29 is 4.74 Å². The predicted octanol–water partition coefficient (Wildman–Crippen LogP) is 4.13. The van der Waals surface area contributed by atoms with Crippen LogP contribution in [0.1, 0.15) is 0 Å². The third-order valence-electron chi connectivity index (χ3n) is 2.16. The zero-order valence-corrected chi connectivity index (χ0v) is 9.78. The lowest BCUT2D eigenvalue weighted by molar-refractivity contribution is 0.363. The van der Waals surface area contributed by atoms with Crippen molar-refractivity contribution in [2.24, 2.45) is 0 Å². The van der Waals surface area contributed by atoms with Crippen LogP contribution in [0.2, 0.25) is 0 Å². The van der Waals surface area contributed by atoms with Gasteiger partial charge in [-0.1, -0.05) is 46.3 Å². The Hall–Kier alpha value is -1.28. The Kier molecular flexibility index (Phi) is 3.41. The molecule has 0 saturated heterocycles. The second-order valence-electron chi connectivity index (χ2n) is 3.18. The summed E-state index contributed by atoms with van der Waals surface area (Å²) in [5.41, 5.74) is 0. The fourth-order valence-electron chi connectivity index (χ4n) is 1.44. The molecule has 0 spiro atoms. The van der Waals surface area contributed by atoms with Crippen LogP contribution >= 0.6 is 15.9 Å². The van der Waals surface area contributed by atoms with Crippen LogP contribution < -0.4 is 4.74 Å². The molecule has 0 bridgehead atoms. The van der Waals surface area contributed by atoms with Crippen molar-refractivity contribution in [2.75, 3.05) is 6.61 Å². The highest BCUT2D eigenvalue weighted by Gasteiger charge is 1.95. The van der Waals surface area contributed by atoms with Crippen LogP contribution in [0.15, 0.2) is 53.5 Å². The Morgan fingerprint density at radius 3 is 2.67 bits per heavy atom. The van der Waals surface area contributed by atoms with Gasteiger partial charge in [-0.25, -0.2) is 0 Å². The van der Waals surface area contributed by atoms with Crippen LogP contribution in [-0.2, 0) is 0 Å². The van der Waals surface area contributed by atoms with E-state index in [1.807, 2.05) is 24.3 Å². The molecule has 0 aliphatic heterocycles. The molecule has 0 aromatic heterocycles. The van der Waals surface area contributed by atoms with Crippen molar-refractivity contribution in [3.05, 3.63) is 53.5 Å². The summed E-state index contributed by atoms with van der Waals surface area (Å²) in [6, 6.07) is 14.4. The Bertz CT molecular complexity index is 477. The second-order valence-corrected chi connectivity index (χ2v) is 3.71. The van der Waals surface area contributed by atoms with Gasteiger partial charge in [-0.05, 0) is 34.0 Å². The maximum atomic E-state index is 5.54. The molecule has 0 aliphatic rings. The smallest absolute Gasteiger partial charge is 0.120 e. The first-order valence-corrected chi connectivity index (χ1v) is 5.68. The molecule has 76 valence electrons. The van der Waals surface area contributed by atoms with Crippen LogP contribution in [0.3, 0.4) is 0 Å². The summed E-state index contributed by atoms with van der Waals surface area (Å²) >= 11 is 3.20. The Morgan fingerprint density at radius 1 is 1.07 bits per heavy atom. The van der Waals surface area contributed by atoms with E-state index in [0.29, 0.717) is 6.61 Å². The second kappa shape index (κ2) is 4.99. The molecule has 0 amide bonds. The van der Waals surface area contributed by atoms with Gasteiger partial charge in [0.2, 0.25) is 0 Å². The lowest BCUT2D eigenvalue weighted by Gasteiger charge is -2.04. The fourth-order valence-corrected chi connectivity index (χ4v) is 1.59. The van der Waals surface area contributed by atoms with Gasteiger partial charge in [0.05, 0.1) is 0 Å². The van der Waals surface area contributed by atoms with Gasteiger partial charge >= 0.3 is 0 Å². The van der Waals surface area contributed by atoms with Crippen molar-refractivity contribution >= 4 is 26.7 Å². The van der Waals surface area contributed by atoms with Crippen molar-refractivity contribution in [3.63, 3.8) is 0 Å². The first-order valence-electron chi connectivity index (χ1n) is 4.77. The van der Waals surface area contributed by atoms with E-state index in [9.17, 15) is 0 Å². The van der Waals surface area contributed by atoms with E-state index in [2.05, 4.69) is 40.2 Å². The summed E-state index contributed by atoms with van der Waals surface area (Å²) in [6.45, 7) is 0.587. The van der Waals surface area contributed by atoms with Crippen molar-refractivity contribution in [2.45, 2.75) is 0 Å². The minimum Gasteiger partial charge on any atom is -0.489 e. The molecule has 0 aliphatic carbocycles. The van der Waals surface area contributed by atoms with Crippen LogP contribution in [0.25, 0.3) is 10.8 Å². The summed E-state index contributed by atoms with van der Waals surface area (Å²) in [7, 11) is 0. The van der Waals surface area contributed by atoms with Crippen molar-refractivity contribution in [1.29, 1.82) is 0 Å². The molecule has 0 saturated carbocycles. The highest BCUT2D eigenvalue weighted by atomic mass is 79.9. The van der Waals surface area contributed by atoms with Gasteiger partial charge in [0.1, 0.15) is 12.4 Å². The Labute approximate surface area is 97.5 Å². The van der Waals surface area contributed by atoms with E-state index in [1.54, 1.807) is 4.99 Å². The third kappa shape index (κ3) is 2.60. The third-order valence-corrected chi connectivity index (χ3v) is 2.53. The minimum atomic E-state index is 0.587. The molecule has 2 rings (SSSR count). The topological polar surface area (TPSA) is 9.23 Å². The maximum absolute atomic E-state index is 5.54. The number of fused-ring (bicyclic) bond motifs is 1. The molecule has 0 heterocycles. The van der Waals surface area contributed by atoms with Crippen LogP contribution in [0.4, 0.5) is 0 Å². The minimum absolute atomic E-state index is 0.587. The molecule has 2 aromatic carbocycles. The first-order chi connectivity index (χ1) is 7.40. The van der Waals surface area contributed by atoms with Crippen LogP contribution in [0, 0.1) is 0 Å². The van der Waals surface area contributed by atoms with Gasteiger partial charge in [-0.15, -0.1) is 0 Å². The van der Waals surface area contributed by atoms with E-state index in [4.69, 9.17) is 4.74 Å². The van der Waals surface area contributed by atoms with Gasteiger partial charge in [0, 0.05) is 0 Å². The van der Waals surface area contributed by atoms with Gasteiger partial charge in [0.15, 0.2) is 0 Å². The Balaban J connectivity index is 2.23. The van der Waals surface area contributed by atoms with Crippen molar-refractivity contribution in [1.82, 2.24) is 0 Å². The lowest BCUT2D eigenvalue weighted by atomic mass is 10.1. The van der Waals surface area contributed by atoms with E-state index < -0.39 is 0 Å². The van der Waals surface area contributed by atoms with Crippen LogP contribution in [0.5, 0.6) is 5.75 Å². The monoisotopic (exact) mass is 262 g/mol. The quantitative estimate of drug-likeness (QED) is 0.809. The van der Waals surface area contributed by atoms with Crippen molar-refractivity contribution in [3.8, 4) is 5.75 Å². The van der Waals surface area contributed by atoms with Crippen LogP contribution in [-0.4, -0.2) is 6.61 Å². The molecular weight excluding hydrogens is 252 g/mol. The summed E-state index contributed by atoms with van der Waals surface area (Å²) in [5, 5.41) is 2.44.